The van der Waals surface area contributed by atoms with Gasteiger partial charge >= 0.3 is 0 Å². The van der Waals surface area contributed by atoms with Gasteiger partial charge in [-0.05, 0) is 62.3 Å². The number of hydrogen-bond acceptors (Lipinski definition) is 4. The highest BCUT2D eigenvalue weighted by Crippen LogP contribution is 2.23. The summed E-state index contributed by atoms with van der Waals surface area (Å²) in [5.41, 5.74) is 2.01. The maximum Gasteiger partial charge on any atom is 0.124 e. The maximum atomic E-state index is 13.0. The zero-order valence-corrected chi connectivity index (χ0v) is 15.5. The first-order valence-corrected chi connectivity index (χ1v) is 9.37. The number of benzene rings is 2. The van der Waals surface area contributed by atoms with Gasteiger partial charge in [-0.1, -0.05) is 0 Å². The van der Waals surface area contributed by atoms with Gasteiger partial charge in [0.15, 0.2) is 0 Å². The molecule has 3 aromatic rings. The minimum Gasteiger partial charge on any atom is -0.497 e. The summed E-state index contributed by atoms with van der Waals surface area (Å²) in [6, 6.07) is 12.1. The first kappa shape index (κ1) is 17.8. The minimum absolute atomic E-state index is 0.259. The average Bonchev–Trinajstić information content (AvgIpc) is 3.31. The van der Waals surface area contributed by atoms with Crippen LogP contribution in [0.4, 0.5) is 4.39 Å². The van der Waals surface area contributed by atoms with Crippen molar-refractivity contribution in [3.05, 3.63) is 54.1 Å². The quantitative estimate of drug-likeness (QED) is 0.634. The van der Waals surface area contributed by atoms with Gasteiger partial charge in [-0.3, -0.25) is 4.90 Å². The number of ether oxygens (including phenoxy) is 2. The van der Waals surface area contributed by atoms with Crippen LogP contribution in [0.3, 0.4) is 0 Å². The second-order valence-corrected chi connectivity index (χ2v) is 6.82. The van der Waals surface area contributed by atoms with E-state index < -0.39 is 0 Å². The number of methoxy groups -OCH3 is 1. The predicted octanol–water partition coefficient (Wildman–Crippen LogP) is 3.86. The summed E-state index contributed by atoms with van der Waals surface area (Å²) in [4.78, 5) is 7.30. The highest BCUT2D eigenvalue weighted by Gasteiger charge is 2.17. The largest absolute Gasteiger partial charge is 0.497 e. The second-order valence-electron chi connectivity index (χ2n) is 6.82. The Morgan fingerprint density at radius 3 is 2.52 bits per heavy atom. The van der Waals surface area contributed by atoms with E-state index in [9.17, 15) is 4.39 Å². The molecule has 0 unspecified atom stereocenters. The number of halogens is 1. The molecule has 2 heterocycles. The summed E-state index contributed by atoms with van der Waals surface area (Å²) in [7, 11) is 1.67. The molecule has 1 saturated heterocycles. The lowest BCUT2D eigenvalue weighted by Gasteiger charge is -2.16. The minimum atomic E-state index is -0.259. The van der Waals surface area contributed by atoms with Crippen LogP contribution in [-0.4, -0.2) is 41.3 Å². The summed E-state index contributed by atoms with van der Waals surface area (Å²) < 4.78 is 26.4. The standard InChI is InChI=1S/C21H24FN3O2/c1-26-18-8-9-20-19(14-18)23-21(15-24-10-2-3-11-24)25(20)12-13-27-17-6-4-16(22)5-7-17/h4-9,14H,2-3,10-13,15H2,1H3. The van der Waals surface area contributed by atoms with Crippen molar-refractivity contribution in [1.82, 2.24) is 14.5 Å². The van der Waals surface area contributed by atoms with Gasteiger partial charge < -0.3 is 14.0 Å². The van der Waals surface area contributed by atoms with Gasteiger partial charge in [0.05, 0.1) is 31.2 Å². The molecule has 4 rings (SSSR count). The molecule has 0 saturated carbocycles. The highest BCUT2D eigenvalue weighted by atomic mass is 19.1. The number of nitrogens with zero attached hydrogens (tertiary/aromatic N) is 3. The Balaban J connectivity index is 1.55. The molecule has 27 heavy (non-hydrogen) atoms. The van der Waals surface area contributed by atoms with Crippen molar-refractivity contribution in [3.63, 3.8) is 0 Å². The third-order valence-electron chi connectivity index (χ3n) is 5.00. The van der Waals surface area contributed by atoms with E-state index in [1.54, 1.807) is 19.2 Å². The zero-order valence-electron chi connectivity index (χ0n) is 15.5. The van der Waals surface area contributed by atoms with Crippen LogP contribution in [0.15, 0.2) is 42.5 Å². The molecule has 0 N–H and O–H groups in total. The zero-order chi connectivity index (χ0) is 18.6. The van der Waals surface area contributed by atoms with Crippen LogP contribution in [0.2, 0.25) is 0 Å². The van der Waals surface area contributed by atoms with Crippen LogP contribution in [0.25, 0.3) is 11.0 Å². The Hall–Kier alpha value is -2.60. The Kier molecular flexibility index (Phi) is 5.25. The lowest BCUT2D eigenvalue weighted by atomic mass is 10.3. The third-order valence-corrected chi connectivity index (χ3v) is 5.00. The molecule has 0 atom stereocenters. The van der Waals surface area contributed by atoms with Gasteiger partial charge in [-0.15, -0.1) is 0 Å². The highest BCUT2D eigenvalue weighted by molar-refractivity contribution is 5.77. The first-order valence-electron chi connectivity index (χ1n) is 9.37. The molecule has 1 fully saturated rings. The van der Waals surface area contributed by atoms with Gasteiger partial charge in [0.1, 0.15) is 29.7 Å². The van der Waals surface area contributed by atoms with E-state index in [0.717, 1.165) is 42.2 Å². The molecule has 0 amide bonds. The monoisotopic (exact) mass is 369 g/mol. The lowest BCUT2D eigenvalue weighted by Crippen LogP contribution is -2.22. The molecule has 2 aromatic carbocycles. The molecule has 0 aliphatic carbocycles. The van der Waals surface area contributed by atoms with Gasteiger partial charge in [0.25, 0.3) is 0 Å². The topological polar surface area (TPSA) is 39.5 Å². The Morgan fingerprint density at radius 2 is 1.78 bits per heavy atom. The molecular formula is C21H24FN3O2. The third kappa shape index (κ3) is 4.06. The van der Waals surface area contributed by atoms with Crippen LogP contribution < -0.4 is 9.47 Å². The smallest absolute Gasteiger partial charge is 0.124 e. The van der Waals surface area contributed by atoms with Crippen LogP contribution in [0, 0.1) is 5.82 Å². The van der Waals surface area contributed by atoms with Gasteiger partial charge in [-0.2, -0.15) is 0 Å². The first-order chi connectivity index (χ1) is 13.2. The van der Waals surface area contributed by atoms with Crippen LogP contribution in [0.1, 0.15) is 18.7 Å². The van der Waals surface area contributed by atoms with Crippen LogP contribution >= 0.6 is 0 Å². The lowest BCUT2D eigenvalue weighted by molar-refractivity contribution is 0.285. The van der Waals surface area contributed by atoms with E-state index in [2.05, 4.69) is 9.47 Å². The van der Waals surface area contributed by atoms with Crippen molar-refractivity contribution >= 4 is 11.0 Å². The van der Waals surface area contributed by atoms with Crippen molar-refractivity contribution in [2.75, 3.05) is 26.8 Å². The van der Waals surface area contributed by atoms with Gasteiger partial charge in [0.2, 0.25) is 0 Å². The van der Waals surface area contributed by atoms with E-state index in [1.807, 2.05) is 18.2 Å². The molecule has 1 aromatic heterocycles. The SMILES string of the molecule is COc1ccc2c(c1)nc(CN1CCCC1)n2CCOc1ccc(F)cc1. The predicted molar refractivity (Wildman–Crippen MR) is 103 cm³/mol. The van der Waals surface area contributed by atoms with Crippen molar-refractivity contribution in [2.45, 2.75) is 25.9 Å². The molecule has 1 aliphatic heterocycles. The average molecular weight is 369 g/mol. The van der Waals surface area contributed by atoms with Crippen LogP contribution in [-0.2, 0) is 13.1 Å². The van der Waals surface area contributed by atoms with E-state index >= 15 is 0 Å². The van der Waals surface area contributed by atoms with E-state index in [0.29, 0.717) is 18.9 Å². The molecule has 0 bridgehead atoms. The van der Waals surface area contributed by atoms with E-state index in [1.165, 1.54) is 25.0 Å². The van der Waals surface area contributed by atoms with Crippen molar-refractivity contribution in [2.24, 2.45) is 0 Å². The summed E-state index contributed by atoms with van der Waals surface area (Å²) in [5.74, 6) is 2.26. The Labute approximate surface area is 158 Å². The summed E-state index contributed by atoms with van der Waals surface area (Å²) >= 11 is 0. The normalized spacial score (nSPS) is 14.7. The number of imidazole rings is 1. The molecule has 0 radical (unpaired) electrons. The second kappa shape index (κ2) is 7.96. The van der Waals surface area contributed by atoms with Crippen molar-refractivity contribution in [1.29, 1.82) is 0 Å². The van der Waals surface area contributed by atoms with Crippen molar-refractivity contribution < 1.29 is 13.9 Å². The summed E-state index contributed by atoms with van der Waals surface area (Å²) in [6.07, 6.45) is 2.50. The van der Waals surface area contributed by atoms with Crippen LogP contribution in [0.5, 0.6) is 11.5 Å². The Bertz CT molecular complexity index is 902. The number of fused-ring (bicyclic) bond motifs is 1. The number of likely N-dealkylation sites (tertiary alicyclic amines) is 1. The summed E-state index contributed by atoms with van der Waals surface area (Å²) in [6.45, 7) is 4.27. The fourth-order valence-corrected chi connectivity index (χ4v) is 3.58. The molecule has 142 valence electrons. The molecule has 1 aliphatic rings. The van der Waals surface area contributed by atoms with Gasteiger partial charge in [0, 0.05) is 6.07 Å². The fourth-order valence-electron chi connectivity index (χ4n) is 3.58. The number of rotatable bonds is 7. The molecular weight excluding hydrogens is 345 g/mol. The fraction of sp³-hybridized carbons (Fsp3) is 0.381. The summed E-state index contributed by atoms with van der Waals surface area (Å²) in [5, 5.41) is 0. The number of hydrogen-bond donors (Lipinski definition) is 0. The van der Waals surface area contributed by atoms with E-state index in [-0.39, 0.29) is 5.82 Å². The Morgan fingerprint density at radius 1 is 1.04 bits per heavy atom. The number of aromatic nitrogens is 2. The van der Waals surface area contributed by atoms with E-state index in [4.69, 9.17) is 14.5 Å². The molecule has 5 nitrogen and oxygen atoms in total. The maximum absolute atomic E-state index is 13.0. The van der Waals surface area contributed by atoms with Gasteiger partial charge in [-0.25, -0.2) is 9.37 Å². The molecule has 0 spiro atoms. The molecule has 6 heteroatoms. The van der Waals surface area contributed by atoms with Crippen molar-refractivity contribution in [3.8, 4) is 11.5 Å².